The van der Waals surface area contributed by atoms with Gasteiger partial charge < -0.3 is 24.8 Å². The first-order chi connectivity index (χ1) is 15.0. The molecule has 0 saturated carbocycles. The summed E-state index contributed by atoms with van der Waals surface area (Å²) in [5.74, 6) is 1.04. The van der Waals surface area contributed by atoms with E-state index in [4.69, 9.17) is 16.3 Å². The highest BCUT2D eigenvalue weighted by Crippen LogP contribution is 2.24. The maximum Gasteiger partial charge on any atom is 0.317 e. The smallest absolute Gasteiger partial charge is 0.317 e. The minimum atomic E-state index is -0.0146. The van der Waals surface area contributed by atoms with Gasteiger partial charge in [-0.05, 0) is 13.3 Å². The molecule has 2 fully saturated rings. The van der Waals surface area contributed by atoms with E-state index in [1.807, 2.05) is 11.8 Å². The molecule has 1 aromatic heterocycles. The minimum absolute atomic E-state index is 0.0146. The number of ether oxygens (including phenoxy) is 1. The molecule has 0 bridgehead atoms. The monoisotopic (exact) mass is 470 g/mol. The Balaban J connectivity index is 1.56. The number of rotatable bonds is 7. The van der Waals surface area contributed by atoms with Crippen LogP contribution in [0.2, 0.25) is 5.15 Å². The number of hydrogen-bond donors (Lipinski definition) is 1. The van der Waals surface area contributed by atoms with Gasteiger partial charge >= 0.3 is 6.03 Å². The van der Waals surface area contributed by atoms with E-state index in [1.165, 1.54) is 11.8 Å². The van der Waals surface area contributed by atoms with Crippen LogP contribution in [0.4, 0.5) is 10.6 Å². The number of aromatic nitrogens is 2. The Morgan fingerprint density at radius 2 is 2.03 bits per heavy atom. The number of thioether (sulfide) groups is 1. The molecule has 11 heteroatoms. The third-order valence-corrected chi connectivity index (χ3v) is 6.39. The van der Waals surface area contributed by atoms with Crippen LogP contribution in [0.3, 0.4) is 0 Å². The Morgan fingerprint density at radius 1 is 1.26 bits per heavy atom. The number of carbonyl (C=O) groups is 2. The van der Waals surface area contributed by atoms with Crippen molar-refractivity contribution in [1.82, 2.24) is 25.1 Å². The summed E-state index contributed by atoms with van der Waals surface area (Å²) in [6, 6.07) is 1.77. The summed E-state index contributed by atoms with van der Waals surface area (Å²) in [6.07, 6.45) is 2.03. The topological polar surface area (TPSA) is 90.9 Å². The Kier molecular flexibility index (Phi) is 9.03. The van der Waals surface area contributed by atoms with Gasteiger partial charge in [-0.3, -0.25) is 4.79 Å². The van der Waals surface area contributed by atoms with Gasteiger partial charge in [0.2, 0.25) is 5.91 Å². The van der Waals surface area contributed by atoms with E-state index in [1.54, 1.807) is 11.0 Å². The quantitative estimate of drug-likeness (QED) is 0.282. The number of unbranched alkanes of at least 4 members (excludes halogenated alkanes) is 1. The molecule has 1 atom stereocenters. The zero-order valence-electron chi connectivity index (χ0n) is 18.2. The van der Waals surface area contributed by atoms with Crippen LogP contribution in [-0.4, -0.2) is 96.0 Å². The molecule has 0 aliphatic carbocycles. The van der Waals surface area contributed by atoms with Crippen LogP contribution >= 0.6 is 23.4 Å². The van der Waals surface area contributed by atoms with Crippen molar-refractivity contribution in [2.75, 3.05) is 63.1 Å². The predicted octanol–water partition coefficient (Wildman–Crippen LogP) is 2.10. The Labute approximate surface area is 192 Å². The lowest BCUT2D eigenvalue weighted by molar-refractivity contribution is -0.132. The Morgan fingerprint density at radius 3 is 2.74 bits per heavy atom. The molecular formula is C20H31ClN6O3S. The van der Waals surface area contributed by atoms with E-state index in [0.29, 0.717) is 62.8 Å². The summed E-state index contributed by atoms with van der Waals surface area (Å²) in [4.78, 5) is 39.5. The van der Waals surface area contributed by atoms with Gasteiger partial charge in [-0.25, -0.2) is 14.8 Å². The number of amides is 3. The first-order valence-electron chi connectivity index (χ1n) is 10.8. The molecule has 31 heavy (non-hydrogen) atoms. The number of piperazine rings is 1. The summed E-state index contributed by atoms with van der Waals surface area (Å²) in [5, 5.41) is 3.81. The molecule has 9 nitrogen and oxygen atoms in total. The van der Waals surface area contributed by atoms with E-state index in [9.17, 15) is 9.59 Å². The molecule has 2 aliphatic rings. The van der Waals surface area contributed by atoms with E-state index < -0.39 is 0 Å². The van der Waals surface area contributed by atoms with Crippen LogP contribution in [-0.2, 0) is 9.53 Å². The van der Waals surface area contributed by atoms with Crippen LogP contribution in [0.25, 0.3) is 0 Å². The number of urea groups is 1. The largest absolute Gasteiger partial charge is 0.378 e. The average molecular weight is 471 g/mol. The molecule has 1 aromatic rings. The molecule has 3 amide bonds. The van der Waals surface area contributed by atoms with Gasteiger partial charge in [0.1, 0.15) is 11.0 Å². The van der Waals surface area contributed by atoms with Crippen molar-refractivity contribution in [2.24, 2.45) is 0 Å². The van der Waals surface area contributed by atoms with E-state index >= 15 is 0 Å². The molecule has 3 rings (SSSR count). The average Bonchev–Trinajstić information content (AvgIpc) is 2.77. The second-order valence-corrected chi connectivity index (χ2v) is 9.02. The van der Waals surface area contributed by atoms with E-state index in [0.717, 1.165) is 18.7 Å². The maximum absolute atomic E-state index is 12.4. The first kappa shape index (κ1) is 23.9. The second kappa shape index (κ2) is 11.7. The summed E-state index contributed by atoms with van der Waals surface area (Å²) in [7, 11) is 0. The van der Waals surface area contributed by atoms with Gasteiger partial charge in [-0.2, -0.15) is 0 Å². The van der Waals surface area contributed by atoms with Gasteiger partial charge in [0, 0.05) is 51.4 Å². The minimum Gasteiger partial charge on any atom is -0.378 e. The fraction of sp³-hybridized carbons (Fsp3) is 0.700. The highest BCUT2D eigenvalue weighted by atomic mass is 35.5. The summed E-state index contributed by atoms with van der Waals surface area (Å²) in [5.41, 5.74) is 0. The number of nitrogens with one attached hydrogen (secondary N) is 1. The van der Waals surface area contributed by atoms with Gasteiger partial charge in [-0.1, -0.05) is 36.7 Å². The van der Waals surface area contributed by atoms with Crippen molar-refractivity contribution >= 4 is 41.1 Å². The SMILES string of the molecule is CCCCNC(=O)N1CCN(c2cc(Cl)nc(SCC(=O)N3CCOCC3)n2)CC1C. The predicted molar refractivity (Wildman–Crippen MR) is 122 cm³/mol. The fourth-order valence-corrected chi connectivity index (χ4v) is 4.57. The lowest BCUT2D eigenvalue weighted by Crippen LogP contribution is -2.56. The molecule has 1 unspecified atom stereocenters. The lowest BCUT2D eigenvalue weighted by atomic mass is 10.2. The number of morpholine rings is 1. The molecule has 1 N–H and O–H groups in total. The van der Waals surface area contributed by atoms with Crippen molar-refractivity contribution in [3.63, 3.8) is 0 Å². The Bertz CT molecular complexity index is 764. The normalized spacial score (nSPS) is 19.5. The van der Waals surface area contributed by atoms with Crippen molar-refractivity contribution < 1.29 is 14.3 Å². The number of carbonyl (C=O) groups excluding carboxylic acids is 2. The van der Waals surface area contributed by atoms with Crippen molar-refractivity contribution in [3.8, 4) is 0 Å². The van der Waals surface area contributed by atoms with Gasteiger partial charge in [0.05, 0.1) is 19.0 Å². The zero-order chi connectivity index (χ0) is 22.2. The van der Waals surface area contributed by atoms with Crippen molar-refractivity contribution in [3.05, 3.63) is 11.2 Å². The highest BCUT2D eigenvalue weighted by molar-refractivity contribution is 7.99. The molecular weight excluding hydrogens is 440 g/mol. The van der Waals surface area contributed by atoms with E-state index in [-0.39, 0.29) is 23.7 Å². The third kappa shape index (κ3) is 6.85. The Hall–Kier alpha value is -1.78. The molecule has 172 valence electrons. The molecule has 3 heterocycles. The number of hydrogen-bond acceptors (Lipinski definition) is 7. The van der Waals surface area contributed by atoms with E-state index in [2.05, 4.69) is 27.1 Å². The summed E-state index contributed by atoms with van der Waals surface area (Å²) >= 11 is 7.53. The molecule has 2 aliphatic heterocycles. The molecule has 0 radical (unpaired) electrons. The fourth-order valence-electron chi connectivity index (χ4n) is 3.58. The van der Waals surface area contributed by atoms with Crippen LogP contribution in [0.15, 0.2) is 11.2 Å². The zero-order valence-corrected chi connectivity index (χ0v) is 19.8. The van der Waals surface area contributed by atoms with Gasteiger partial charge in [0.15, 0.2) is 5.16 Å². The molecule has 0 aromatic carbocycles. The summed E-state index contributed by atoms with van der Waals surface area (Å²) in [6.45, 7) is 9.17. The van der Waals surface area contributed by atoms with Crippen LogP contribution in [0.5, 0.6) is 0 Å². The van der Waals surface area contributed by atoms with Gasteiger partial charge in [-0.15, -0.1) is 0 Å². The van der Waals surface area contributed by atoms with Crippen LogP contribution < -0.4 is 10.2 Å². The highest BCUT2D eigenvalue weighted by Gasteiger charge is 2.28. The number of halogens is 1. The van der Waals surface area contributed by atoms with Crippen molar-refractivity contribution in [1.29, 1.82) is 0 Å². The van der Waals surface area contributed by atoms with Gasteiger partial charge in [0.25, 0.3) is 0 Å². The number of anilines is 1. The second-order valence-electron chi connectivity index (χ2n) is 7.69. The third-order valence-electron chi connectivity index (χ3n) is 5.37. The maximum atomic E-state index is 12.4. The van der Waals surface area contributed by atoms with Crippen molar-refractivity contribution in [2.45, 2.75) is 37.9 Å². The standard InChI is InChI=1S/C20H31ClN6O3S/c1-3-4-5-22-20(29)27-7-6-26(13-15(27)2)17-12-16(21)23-19(24-17)31-14-18(28)25-8-10-30-11-9-25/h12,15H,3-11,13-14H2,1-2H3,(H,22,29). The van der Waals surface area contributed by atoms with Crippen LogP contribution in [0.1, 0.15) is 26.7 Å². The van der Waals surface area contributed by atoms with Crippen LogP contribution in [0, 0.1) is 0 Å². The molecule has 0 spiro atoms. The molecule has 2 saturated heterocycles. The first-order valence-corrected chi connectivity index (χ1v) is 12.2. The lowest BCUT2D eigenvalue weighted by Gasteiger charge is -2.40. The number of nitrogens with zero attached hydrogens (tertiary/aromatic N) is 5. The summed E-state index contributed by atoms with van der Waals surface area (Å²) < 4.78 is 5.29.